The van der Waals surface area contributed by atoms with E-state index in [1.165, 1.54) is 0 Å². The Morgan fingerprint density at radius 1 is 1.36 bits per heavy atom. The number of para-hydroxylation sites is 1. The van der Waals surface area contributed by atoms with Crippen molar-refractivity contribution in [1.82, 2.24) is 4.98 Å². The van der Waals surface area contributed by atoms with Gasteiger partial charge in [0.05, 0.1) is 31.0 Å². The summed E-state index contributed by atoms with van der Waals surface area (Å²) in [4.78, 5) is 19.0. The zero-order valence-corrected chi connectivity index (χ0v) is 13.0. The highest BCUT2D eigenvalue weighted by Gasteiger charge is 2.23. The third kappa shape index (κ3) is 2.64. The van der Waals surface area contributed by atoms with Crippen LogP contribution in [0.2, 0.25) is 0 Å². The lowest BCUT2D eigenvalue weighted by atomic mass is 10.0. The molecular formula is C17H20N2O3. The summed E-state index contributed by atoms with van der Waals surface area (Å²) in [6, 6.07) is 6.05. The van der Waals surface area contributed by atoms with Crippen LogP contribution in [-0.2, 0) is 9.47 Å². The molecule has 0 atom stereocenters. The Kier molecular flexibility index (Phi) is 4.24. The summed E-state index contributed by atoms with van der Waals surface area (Å²) >= 11 is 0. The van der Waals surface area contributed by atoms with Gasteiger partial charge >= 0.3 is 5.97 Å². The Morgan fingerprint density at radius 3 is 2.86 bits per heavy atom. The number of nitrogens with zero attached hydrogens (tertiary/aromatic N) is 2. The molecule has 1 saturated heterocycles. The molecule has 1 fully saturated rings. The number of esters is 1. The van der Waals surface area contributed by atoms with Crippen molar-refractivity contribution in [2.75, 3.05) is 37.8 Å². The number of benzene rings is 1. The number of aromatic nitrogens is 1. The smallest absolute Gasteiger partial charge is 0.341 e. The number of pyridine rings is 1. The second-order valence-electron chi connectivity index (χ2n) is 5.31. The fourth-order valence-corrected chi connectivity index (χ4v) is 2.84. The molecule has 0 unspecified atom stereocenters. The quantitative estimate of drug-likeness (QED) is 0.815. The number of hydrogen-bond acceptors (Lipinski definition) is 5. The van der Waals surface area contributed by atoms with E-state index in [0.29, 0.717) is 25.4 Å². The van der Waals surface area contributed by atoms with Gasteiger partial charge in [0.2, 0.25) is 0 Å². The third-order valence-corrected chi connectivity index (χ3v) is 3.89. The SMILES string of the molecule is CCOC(=O)c1cnc2c(C)cccc2c1N1CCOCC1. The van der Waals surface area contributed by atoms with E-state index in [2.05, 4.69) is 9.88 Å². The summed E-state index contributed by atoms with van der Waals surface area (Å²) in [5.74, 6) is -0.320. The second kappa shape index (κ2) is 6.32. The predicted molar refractivity (Wildman–Crippen MR) is 85.5 cm³/mol. The second-order valence-corrected chi connectivity index (χ2v) is 5.31. The summed E-state index contributed by atoms with van der Waals surface area (Å²) in [5, 5.41) is 0.993. The Morgan fingerprint density at radius 2 is 2.14 bits per heavy atom. The first-order chi connectivity index (χ1) is 10.7. The highest BCUT2D eigenvalue weighted by molar-refractivity contribution is 6.05. The first kappa shape index (κ1) is 14.8. The molecule has 0 aliphatic carbocycles. The van der Waals surface area contributed by atoms with Gasteiger partial charge in [-0.05, 0) is 19.4 Å². The first-order valence-electron chi connectivity index (χ1n) is 7.60. The van der Waals surface area contributed by atoms with Crippen molar-refractivity contribution in [2.45, 2.75) is 13.8 Å². The van der Waals surface area contributed by atoms with Gasteiger partial charge in [-0.25, -0.2) is 4.79 Å². The van der Waals surface area contributed by atoms with Crippen molar-refractivity contribution < 1.29 is 14.3 Å². The number of ether oxygens (including phenoxy) is 2. The van der Waals surface area contributed by atoms with Crippen molar-refractivity contribution in [3.63, 3.8) is 0 Å². The zero-order chi connectivity index (χ0) is 15.5. The van der Waals surface area contributed by atoms with E-state index in [-0.39, 0.29) is 5.97 Å². The van der Waals surface area contributed by atoms with Gasteiger partial charge in [-0.15, -0.1) is 0 Å². The standard InChI is InChI=1S/C17H20N2O3/c1-3-22-17(20)14-11-18-15-12(2)5-4-6-13(15)16(14)19-7-9-21-10-8-19/h4-6,11H,3,7-10H2,1-2H3. The van der Waals surface area contributed by atoms with E-state index in [4.69, 9.17) is 9.47 Å². The first-order valence-corrected chi connectivity index (χ1v) is 7.60. The zero-order valence-electron chi connectivity index (χ0n) is 13.0. The van der Waals surface area contributed by atoms with Crippen molar-refractivity contribution in [1.29, 1.82) is 0 Å². The van der Waals surface area contributed by atoms with Gasteiger partial charge in [-0.1, -0.05) is 18.2 Å². The van der Waals surface area contributed by atoms with Gasteiger partial charge in [0, 0.05) is 24.7 Å². The number of morpholine rings is 1. The van der Waals surface area contributed by atoms with Crippen LogP contribution >= 0.6 is 0 Å². The van der Waals surface area contributed by atoms with E-state index in [1.54, 1.807) is 6.20 Å². The van der Waals surface area contributed by atoms with Crippen LogP contribution < -0.4 is 4.90 Å². The van der Waals surface area contributed by atoms with Crippen LogP contribution in [0, 0.1) is 6.92 Å². The minimum absolute atomic E-state index is 0.320. The molecular weight excluding hydrogens is 280 g/mol. The molecule has 0 radical (unpaired) electrons. The van der Waals surface area contributed by atoms with Crippen molar-refractivity contribution in [3.8, 4) is 0 Å². The molecule has 0 bridgehead atoms. The number of carbonyl (C=O) groups is 1. The molecule has 1 aromatic carbocycles. The molecule has 0 amide bonds. The predicted octanol–water partition coefficient (Wildman–Crippen LogP) is 2.56. The molecule has 1 aromatic heterocycles. The lowest BCUT2D eigenvalue weighted by Crippen LogP contribution is -2.37. The van der Waals surface area contributed by atoms with Crippen LogP contribution in [0.25, 0.3) is 10.9 Å². The van der Waals surface area contributed by atoms with Gasteiger partial charge in [-0.2, -0.15) is 0 Å². The Labute approximate surface area is 129 Å². The topological polar surface area (TPSA) is 51.7 Å². The van der Waals surface area contributed by atoms with Gasteiger partial charge in [0.1, 0.15) is 5.56 Å². The number of carbonyl (C=O) groups excluding carboxylic acids is 1. The molecule has 22 heavy (non-hydrogen) atoms. The molecule has 0 saturated carbocycles. The summed E-state index contributed by atoms with van der Waals surface area (Å²) in [6.07, 6.45) is 1.64. The Bertz CT molecular complexity index is 694. The highest BCUT2D eigenvalue weighted by atomic mass is 16.5. The average molecular weight is 300 g/mol. The monoisotopic (exact) mass is 300 g/mol. The van der Waals surface area contributed by atoms with Gasteiger partial charge in [-0.3, -0.25) is 4.98 Å². The lowest BCUT2D eigenvalue weighted by molar-refractivity contribution is 0.0526. The van der Waals surface area contributed by atoms with Crippen molar-refractivity contribution in [2.24, 2.45) is 0 Å². The van der Waals surface area contributed by atoms with Crippen LogP contribution in [0.5, 0.6) is 0 Å². The fourth-order valence-electron chi connectivity index (χ4n) is 2.84. The Hall–Kier alpha value is -2.14. The molecule has 1 aliphatic rings. The van der Waals surface area contributed by atoms with E-state index in [1.807, 2.05) is 32.0 Å². The summed E-state index contributed by atoms with van der Waals surface area (Å²) in [7, 11) is 0. The van der Waals surface area contributed by atoms with Gasteiger partial charge in [0.25, 0.3) is 0 Å². The van der Waals surface area contributed by atoms with E-state index < -0.39 is 0 Å². The number of hydrogen-bond donors (Lipinski definition) is 0. The molecule has 0 spiro atoms. The molecule has 116 valence electrons. The molecule has 2 aromatic rings. The van der Waals surface area contributed by atoms with Crippen molar-refractivity contribution >= 4 is 22.6 Å². The Balaban J connectivity index is 2.19. The average Bonchev–Trinajstić information content (AvgIpc) is 2.55. The normalized spacial score (nSPS) is 15.1. The van der Waals surface area contributed by atoms with E-state index in [9.17, 15) is 4.79 Å². The molecule has 2 heterocycles. The van der Waals surface area contributed by atoms with Crippen LogP contribution in [0.15, 0.2) is 24.4 Å². The number of aryl methyl sites for hydroxylation is 1. The van der Waals surface area contributed by atoms with Crippen LogP contribution in [0.3, 0.4) is 0 Å². The summed E-state index contributed by atoms with van der Waals surface area (Å²) in [6.45, 7) is 7.05. The molecule has 5 nitrogen and oxygen atoms in total. The molecule has 0 N–H and O–H groups in total. The number of rotatable bonds is 3. The molecule has 1 aliphatic heterocycles. The summed E-state index contributed by atoms with van der Waals surface area (Å²) in [5.41, 5.74) is 3.47. The van der Waals surface area contributed by atoms with E-state index in [0.717, 1.165) is 35.2 Å². The maximum Gasteiger partial charge on any atom is 0.341 e. The van der Waals surface area contributed by atoms with Crippen LogP contribution in [0.4, 0.5) is 5.69 Å². The minimum atomic E-state index is -0.320. The molecule has 3 rings (SSSR count). The maximum atomic E-state index is 12.3. The molecule has 5 heteroatoms. The number of fused-ring (bicyclic) bond motifs is 1. The van der Waals surface area contributed by atoms with Gasteiger partial charge < -0.3 is 14.4 Å². The van der Waals surface area contributed by atoms with Gasteiger partial charge in [0.15, 0.2) is 0 Å². The summed E-state index contributed by atoms with van der Waals surface area (Å²) < 4.78 is 10.6. The van der Waals surface area contributed by atoms with Crippen LogP contribution in [0.1, 0.15) is 22.8 Å². The van der Waals surface area contributed by atoms with Crippen LogP contribution in [-0.4, -0.2) is 43.9 Å². The minimum Gasteiger partial charge on any atom is -0.462 e. The largest absolute Gasteiger partial charge is 0.462 e. The maximum absolute atomic E-state index is 12.3. The van der Waals surface area contributed by atoms with E-state index >= 15 is 0 Å². The number of anilines is 1. The van der Waals surface area contributed by atoms with Crippen molar-refractivity contribution in [3.05, 3.63) is 35.5 Å². The lowest BCUT2D eigenvalue weighted by Gasteiger charge is -2.31. The fraction of sp³-hybridized carbons (Fsp3) is 0.412. The third-order valence-electron chi connectivity index (χ3n) is 3.89. The highest BCUT2D eigenvalue weighted by Crippen LogP contribution is 2.32.